The number of allylic oxidation sites excluding steroid dienone is 4. The molecule has 0 fully saturated rings. The molecule has 0 aliphatic heterocycles. The second-order valence-electron chi connectivity index (χ2n) is 19.5. The number of carbonyl (C=O) groups excluding carboxylic acids is 3. The molecule has 9 heteroatoms. The highest BCUT2D eigenvalue weighted by molar-refractivity contribution is 5.70. The molecule has 0 saturated carbocycles. The molecule has 0 aromatic heterocycles. The third-order valence-corrected chi connectivity index (χ3v) is 12.0. The average molecular weight is 906 g/mol. The molecule has 0 aromatic rings. The lowest BCUT2D eigenvalue weighted by molar-refractivity contribution is -0.870. The van der Waals surface area contributed by atoms with Gasteiger partial charge in [0.25, 0.3) is 0 Å². The van der Waals surface area contributed by atoms with Crippen molar-refractivity contribution >= 4 is 17.9 Å². The van der Waals surface area contributed by atoms with Crippen molar-refractivity contribution in [2.45, 2.75) is 264 Å². The number of quaternary nitrogens is 1. The Labute approximate surface area is 395 Å². The Morgan fingerprint density at radius 1 is 0.469 bits per heavy atom. The molecule has 0 rings (SSSR count). The molecule has 0 radical (unpaired) electrons. The molecule has 0 aromatic carbocycles. The van der Waals surface area contributed by atoms with Gasteiger partial charge in [0.05, 0.1) is 40.3 Å². The Hall–Kier alpha value is -2.23. The molecule has 64 heavy (non-hydrogen) atoms. The maximum Gasteiger partial charge on any atom is 0.306 e. The predicted molar refractivity (Wildman–Crippen MR) is 265 cm³/mol. The Balaban J connectivity index is 3.90. The molecule has 0 bridgehead atoms. The van der Waals surface area contributed by atoms with Crippen LogP contribution in [0.2, 0.25) is 0 Å². The number of hydrogen-bond acceptors (Lipinski definition) is 8. The summed E-state index contributed by atoms with van der Waals surface area (Å²) in [7, 11) is 5.91. The first-order chi connectivity index (χ1) is 31.1. The van der Waals surface area contributed by atoms with E-state index in [1.54, 1.807) is 0 Å². The highest BCUT2D eigenvalue weighted by Crippen LogP contribution is 2.17. The summed E-state index contributed by atoms with van der Waals surface area (Å²) in [6, 6.07) is 0. The van der Waals surface area contributed by atoms with E-state index in [4.69, 9.17) is 18.9 Å². The highest BCUT2D eigenvalue weighted by atomic mass is 16.7. The molecule has 0 heterocycles. The van der Waals surface area contributed by atoms with Crippen LogP contribution in [0.5, 0.6) is 0 Å². The molecule has 2 unspecified atom stereocenters. The van der Waals surface area contributed by atoms with Crippen LogP contribution in [0.3, 0.4) is 0 Å². The summed E-state index contributed by atoms with van der Waals surface area (Å²) in [6.07, 6.45) is 51.4. The number of esters is 2. The summed E-state index contributed by atoms with van der Waals surface area (Å²) in [5.74, 6) is -2.28. The third kappa shape index (κ3) is 47.7. The zero-order valence-corrected chi connectivity index (χ0v) is 42.7. The van der Waals surface area contributed by atoms with Gasteiger partial charge in [-0.1, -0.05) is 218 Å². The molecule has 0 aliphatic rings. The predicted octanol–water partition coefficient (Wildman–Crippen LogP) is 13.8. The molecule has 376 valence electrons. The van der Waals surface area contributed by atoms with Crippen molar-refractivity contribution < 1.29 is 42.9 Å². The van der Waals surface area contributed by atoms with E-state index in [0.29, 0.717) is 17.4 Å². The van der Waals surface area contributed by atoms with Crippen LogP contribution < -0.4 is 5.11 Å². The van der Waals surface area contributed by atoms with Gasteiger partial charge >= 0.3 is 11.9 Å². The summed E-state index contributed by atoms with van der Waals surface area (Å²) in [4.78, 5) is 36.8. The summed E-state index contributed by atoms with van der Waals surface area (Å²) >= 11 is 0. The van der Waals surface area contributed by atoms with Crippen molar-refractivity contribution in [3.05, 3.63) is 24.3 Å². The lowest BCUT2D eigenvalue weighted by Crippen LogP contribution is -2.44. The minimum atomic E-state index is -1.61. The van der Waals surface area contributed by atoms with Gasteiger partial charge in [0.2, 0.25) is 0 Å². The molecular weight excluding hydrogens is 803 g/mol. The van der Waals surface area contributed by atoms with E-state index in [0.717, 1.165) is 51.4 Å². The van der Waals surface area contributed by atoms with Gasteiger partial charge in [-0.05, 0) is 44.9 Å². The number of rotatable bonds is 50. The summed E-state index contributed by atoms with van der Waals surface area (Å²) < 4.78 is 22.5. The van der Waals surface area contributed by atoms with Gasteiger partial charge in [-0.3, -0.25) is 9.59 Å². The van der Waals surface area contributed by atoms with Crippen LogP contribution in [0.1, 0.15) is 251 Å². The second kappa shape index (κ2) is 47.3. The first kappa shape index (κ1) is 61.8. The second-order valence-corrected chi connectivity index (χ2v) is 19.5. The quantitative estimate of drug-likeness (QED) is 0.0195. The van der Waals surface area contributed by atoms with Crippen LogP contribution in [-0.4, -0.2) is 82.3 Å². The SMILES string of the molecule is CCCCCCC/C=C\C/C=C\CCCCCCCCCCCCCCCCCCCCCCCC(=O)OC(COC(=O)CCCCCCCC)COC(OCC[N+](C)(C)C)C(=O)[O-]. The number of hydrogen-bond donors (Lipinski definition) is 0. The third-order valence-electron chi connectivity index (χ3n) is 12.0. The summed E-state index contributed by atoms with van der Waals surface area (Å²) in [6.45, 7) is 4.69. The fourth-order valence-corrected chi connectivity index (χ4v) is 7.74. The minimum Gasteiger partial charge on any atom is -0.545 e. The Kier molecular flexibility index (Phi) is 45.6. The van der Waals surface area contributed by atoms with E-state index in [1.165, 1.54) is 173 Å². The van der Waals surface area contributed by atoms with Crippen molar-refractivity contribution in [1.29, 1.82) is 0 Å². The fraction of sp³-hybridized carbons (Fsp3) is 0.873. The summed E-state index contributed by atoms with van der Waals surface area (Å²) in [5, 5.41) is 11.7. The zero-order valence-electron chi connectivity index (χ0n) is 42.7. The van der Waals surface area contributed by atoms with Crippen LogP contribution in [0, 0.1) is 0 Å². The molecule has 0 N–H and O–H groups in total. The normalized spacial score (nSPS) is 13.0. The number of carbonyl (C=O) groups is 3. The number of nitrogens with zero attached hydrogens (tertiary/aromatic N) is 1. The van der Waals surface area contributed by atoms with E-state index in [-0.39, 0.29) is 32.2 Å². The van der Waals surface area contributed by atoms with E-state index in [1.807, 2.05) is 21.1 Å². The highest BCUT2D eigenvalue weighted by Gasteiger charge is 2.22. The molecule has 0 aliphatic carbocycles. The number of ether oxygens (including phenoxy) is 4. The van der Waals surface area contributed by atoms with E-state index in [9.17, 15) is 19.5 Å². The van der Waals surface area contributed by atoms with Crippen molar-refractivity contribution in [2.24, 2.45) is 0 Å². The topological polar surface area (TPSA) is 111 Å². The Bertz CT molecular complexity index is 1100. The largest absolute Gasteiger partial charge is 0.545 e. The number of unbranched alkanes of at least 4 members (excludes halogenated alkanes) is 31. The van der Waals surface area contributed by atoms with E-state index in [2.05, 4.69) is 38.2 Å². The number of carboxylic acid groups (broad SMARTS) is 1. The Morgan fingerprint density at radius 2 is 0.844 bits per heavy atom. The standard InChI is InChI=1S/C55H103NO8/c1-6-8-10-12-14-15-16-17-18-19-20-21-22-23-24-25-26-27-28-29-30-31-32-33-34-35-36-37-38-39-40-42-44-46-53(58)64-51(49-62-52(57)45-43-41-13-11-9-7-2)50-63-55(54(59)60)61-48-47-56(3,4)5/h16-17,19-20,51,55H,6-15,18,21-50H2,1-5H3/b17-16-,20-19-. The molecule has 0 amide bonds. The van der Waals surface area contributed by atoms with Gasteiger partial charge in [-0.2, -0.15) is 0 Å². The minimum absolute atomic E-state index is 0.151. The maximum absolute atomic E-state index is 12.7. The van der Waals surface area contributed by atoms with Gasteiger partial charge in [0.1, 0.15) is 13.2 Å². The van der Waals surface area contributed by atoms with Crippen LogP contribution in [-0.2, 0) is 33.3 Å². The first-order valence-electron chi connectivity index (χ1n) is 27.0. The molecule has 0 saturated heterocycles. The van der Waals surface area contributed by atoms with Crippen molar-refractivity contribution in [2.75, 3.05) is 47.5 Å². The first-order valence-corrected chi connectivity index (χ1v) is 27.0. The van der Waals surface area contributed by atoms with Crippen molar-refractivity contribution in [3.63, 3.8) is 0 Å². The number of likely N-dealkylation sites (N-methyl/N-ethyl adjacent to an activating group) is 1. The number of aliphatic carboxylic acids is 1. The Morgan fingerprint density at radius 3 is 1.23 bits per heavy atom. The maximum atomic E-state index is 12.7. The zero-order chi connectivity index (χ0) is 47.0. The number of carboxylic acids is 1. The smallest absolute Gasteiger partial charge is 0.306 e. The molecule has 9 nitrogen and oxygen atoms in total. The van der Waals surface area contributed by atoms with Gasteiger partial charge < -0.3 is 33.3 Å². The average Bonchev–Trinajstić information content (AvgIpc) is 3.26. The van der Waals surface area contributed by atoms with E-state index < -0.39 is 24.3 Å². The fourth-order valence-electron chi connectivity index (χ4n) is 7.74. The van der Waals surface area contributed by atoms with Gasteiger partial charge in [-0.25, -0.2) is 0 Å². The van der Waals surface area contributed by atoms with Crippen LogP contribution in [0.4, 0.5) is 0 Å². The van der Waals surface area contributed by atoms with E-state index >= 15 is 0 Å². The lowest BCUT2D eigenvalue weighted by Gasteiger charge is -2.26. The van der Waals surface area contributed by atoms with Crippen LogP contribution >= 0.6 is 0 Å². The summed E-state index contributed by atoms with van der Waals surface area (Å²) in [5.41, 5.74) is 0. The van der Waals surface area contributed by atoms with Crippen LogP contribution in [0.25, 0.3) is 0 Å². The van der Waals surface area contributed by atoms with Gasteiger partial charge in [0, 0.05) is 12.8 Å². The molecular formula is C55H103NO8. The monoisotopic (exact) mass is 906 g/mol. The molecule has 0 spiro atoms. The lowest BCUT2D eigenvalue weighted by atomic mass is 10.0. The van der Waals surface area contributed by atoms with Gasteiger partial charge in [-0.15, -0.1) is 0 Å². The van der Waals surface area contributed by atoms with Crippen molar-refractivity contribution in [1.82, 2.24) is 0 Å². The van der Waals surface area contributed by atoms with Crippen LogP contribution in [0.15, 0.2) is 24.3 Å². The van der Waals surface area contributed by atoms with Gasteiger partial charge in [0.15, 0.2) is 12.4 Å². The van der Waals surface area contributed by atoms with Crippen molar-refractivity contribution in [3.8, 4) is 0 Å². The molecule has 2 atom stereocenters.